The predicted octanol–water partition coefficient (Wildman–Crippen LogP) is 1.13. The Morgan fingerprint density at radius 3 is 2.65 bits per heavy atom. The summed E-state index contributed by atoms with van der Waals surface area (Å²) in [5, 5.41) is 23.3. The average Bonchev–Trinajstić information content (AvgIpc) is 3.05. The Morgan fingerprint density at radius 2 is 2.09 bits per heavy atom. The summed E-state index contributed by atoms with van der Waals surface area (Å²) in [5.41, 5.74) is 6.45. The smallest absolute Gasteiger partial charge is 0.307 e. The van der Waals surface area contributed by atoms with E-state index in [2.05, 4.69) is 20.6 Å². The molecule has 0 radical (unpaired) electrons. The van der Waals surface area contributed by atoms with Crippen LogP contribution in [0.15, 0.2) is 24.3 Å². The molecule has 0 saturated carbocycles. The van der Waals surface area contributed by atoms with Crippen LogP contribution in [0.1, 0.15) is 47.4 Å². The van der Waals surface area contributed by atoms with E-state index in [1.807, 2.05) is 6.92 Å². The normalized spacial score (nSPS) is 13.4. The van der Waals surface area contributed by atoms with Gasteiger partial charge in [0, 0.05) is 11.5 Å². The molecule has 2 rings (SSSR count). The quantitative estimate of drug-likeness (QED) is 0.668. The molecule has 1 aromatic carbocycles. The second-order valence-electron chi connectivity index (χ2n) is 5.34. The minimum Gasteiger partial charge on any atom is -0.481 e. The molecule has 0 saturated heterocycles. The van der Waals surface area contributed by atoms with Gasteiger partial charge in [0.05, 0.1) is 5.92 Å². The number of carboxylic acids is 1. The molecule has 8 nitrogen and oxygen atoms in total. The van der Waals surface area contributed by atoms with Crippen molar-refractivity contribution < 1.29 is 14.7 Å². The Morgan fingerprint density at radius 1 is 1.35 bits per heavy atom. The third-order valence-corrected chi connectivity index (χ3v) is 3.82. The fourth-order valence-electron chi connectivity index (χ4n) is 2.72. The summed E-state index contributed by atoms with van der Waals surface area (Å²) in [5.74, 6) is -2.30. The number of hydrogen-bond donors (Lipinski definition) is 3. The molecular weight excluding hydrogens is 298 g/mol. The summed E-state index contributed by atoms with van der Waals surface area (Å²) in [6.45, 7) is 1.92. The first-order chi connectivity index (χ1) is 11.0. The summed E-state index contributed by atoms with van der Waals surface area (Å²) in [6, 6.07) is 6.89. The van der Waals surface area contributed by atoms with Crippen molar-refractivity contribution in [3.63, 3.8) is 0 Å². The lowest BCUT2D eigenvalue weighted by molar-refractivity contribution is -0.142. The third-order valence-electron chi connectivity index (χ3n) is 3.82. The molecule has 122 valence electrons. The predicted molar refractivity (Wildman–Crippen MR) is 81.6 cm³/mol. The van der Waals surface area contributed by atoms with E-state index in [-0.39, 0.29) is 0 Å². The van der Waals surface area contributed by atoms with Gasteiger partial charge in [-0.1, -0.05) is 36.8 Å². The maximum absolute atomic E-state index is 11.7. The number of aromatic amines is 1. The number of H-pyrrole nitrogens is 1. The number of hydrogen-bond acceptors (Lipinski definition) is 5. The van der Waals surface area contributed by atoms with Gasteiger partial charge in [0.1, 0.15) is 0 Å². The molecule has 4 N–H and O–H groups in total. The van der Waals surface area contributed by atoms with Gasteiger partial charge in [-0.3, -0.25) is 9.59 Å². The van der Waals surface area contributed by atoms with E-state index >= 15 is 0 Å². The molecule has 0 aliphatic heterocycles. The van der Waals surface area contributed by atoms with Gasteiger partial charge in [-0.15, -0.1) is 10.2 Å². The van der Waals surface area contributed by atoms with Crippen molar-refractivity contribution in [2.24, 2.45) is 11.7 Å². The van der Waals surface area contributed by atoms with Crippen LogP contribution in [0.25, 0.3) is 0 Å². The number of aromatic nitrogens is 4. The van der Waals surface area contributed by atoms with E-state index in [4.69, 9.17) is 5.73 Å². The molecule has 1 heterocycles. The number of tetrazole rings is 1. The topological polar surface area (TPSA) is 135 Å². The first-order valence-electron chi connectivity index (χ1n) is 7.38. The van der Waals surface area contributed by atoms with Gasteiger partial charge >= 0.3 is 5.97 Å². The average molecular weight is 317 g/mol. The Bertz CT molecular complexity index is 672. The van der Waals surface area contributed by atoms with E-state index < -0.39 is 23.7 Å². The molecule has 23 heavy (non-hydrogen) atoms. The van der Waals surface area contributed by atoms with E-state index in [1.165, 1.54) is 0 Å². The van der Waals surface area contributed by atoms with E-state index in [0.717, 1.165) is 0 Å². The molecule has 0 aliphatic rings. The summed E-state index contributed by atoms with van der Waals surface area (Å²) in [7, 11) is 0. The minimum atomic E-state index is -0.918. The Hall–Kier alpha value is -2.77. The molecule has 0 fully saturated rings. The van der Waals surface area contributed by atoms with Crippen molar-refractivity contribution in [1.29, 1.82) is 0 Å². The summed E-state index contributed by atoms with van der Waals surface area (Å²) in [6.07, 6.45) is 1.49. The van der Waals surface area contributed by atoms with Crippen LogP contribution in [-0.4, -0.2) is 37.6 Å². The van der Waals surface area contributed by atoms with Crippen molar-refractivity contribution >= 4 is 11.9 Å². The number of nitrogens with zero attached hydrogens (tertiary/aromatic N) is 3. The fourth-order valence-corrected chi connectivity index (χ4v) is 2.72. The fraction of sp³-hybridized carbons (Fsp3) is 0.400. The minimum absolute atomic E-state index is 0.301. The molecule has 2 atom stereocenters. The van der Waals surface area contributed by atoms with Gasteiger partial charge in [0.25, 0.3) is 0 Å². The standard InChI is InChI=1S/C15H19N5O3/c1-2-5-11(15(22)23)12(14-17-19-20-18-14)8-9-6-3-4-7-10(9)13(16)21/h3-4,6-7,11-12H,2,5,8H2,1H3,(H2,16,21)(H,22,23)(H,17,18,19,20). The van der Waals surface area contributed by atoms with Gasteiger partial charge in [-0.05, 0) is 24.5 Å². The molecule has 8 heteroatoms. The van der Waals surface area contributed by atoms with Crippen molar-refractivity contribution in [3.8, 4) is 0 Å². The molecule has 2 unspecified atom stereocenters. The van der Waals surface area contributed by atoms with Crippen LogP contribution in [0.4, 0.5) is 0 Å². The number of carbonyl (C=O) groups excluding carboxylic acids is 1. The molecule has 0 aliphatic carbocycles. The lowest BCUT2D eigenvalue weighted by atomic mass is 9.82. The van der Waals surface area contributed by atoms with E-state index in [9.17, 15) is 14.7 Å². The highest BCUT2D eigenvalue weighted by molar-refractivity contribution is 5.94. The van der Waals surface area contributed by atoms with Crippen molar-refractivity contribution in [1.82, 2.24) is 20.6 Å². The second-order valence-corrected chi connectivity index (χ2v) is 5.34. The van der Waals surface area contributed by atoms with Crippen molar-refractivity contribution in [3.05, 3.63) is 41.2 Å². The number of amides is 1. The number of aliphatic carboxylic acids is 1. The van der Waals surface area contributed by atoms with Gasteiger partial charge in [-0.2, -0.15) is 5.21 Å². The number of carboxylic acid groups (broad SMARTS) is 1. The maximum Gasteiger partial charge on any atom is 0.307 e. The van der Waals surface area contributed by atoms with Gasteiger partial charge < -0.3 is 10.8 Å². The molecule has 0 bridgehead atoms. The van der Waals surface area contributed by atoms with Crippen LogP contribution < -0.4 is 5.73 Å². The lowest BCUT2D eigenvalue weighted by Gasteiger charge is -2.21. The molecule has 1 aromatic heterocycles. The van der Waals surface area contributed by atoms with Gasteiger partial charge in [0.15, 0.2) is 5.82 Å². The number of nitrogens with two attached hydrogens (primary N) is 1. The van der Waals surface area contributed by atoms with Crippen LogP contribution >= 0.6 is 0 Å². The summed E-state index contributed by atoms with van der Waals surface area (Å²) >= 11 is 0. The number of carbonyl (C=O) groups is 2. The van der Waals surface area contributed by atoms with Crippen LogP contribution in [0, 0.1) is 5.92 Å². The zero-order chi connectivity index (χ0) is 16.8. The lowest BCUT2D eigenvalue weighted by Crippen LogP contribution is -2.26. The Kier molecular flexibility index (Phi) is 5.40. The van der Waals surface area contributed by atoms with Crippen LogP contribution in [0.3, 0.4) is 0 Å². The summed E-state index contributed by atoms with van der Waals surface area (Å²) in [4.78, 5) is 23.2. The third kappa shape index (κ3) is 3.91. The van der Waals surface area contributed by atoms with Crippen LogP contribution in [-0.2, 0) is 11.2 Å². The highest BCUT2D eigenvalue weighted by atomic mass is 16.4. The summed E-state index contributed by atoms with van der Waals surface area (Å²) < 4.78 is 0. The highest BCUT2D eigenvalue weighted by Gasteiger charge is 2.32. The number of nitrogens with one attached hydrogen (secondary N) is 1. The first-order valence-corrected chi connectivity index (χ1v) is 7.38. The SMILES string of the molecule is CCCC(C(=O)O)C(Cc1ccccc1C(N)=O)c1nn[nH]n1. The number of rotatable bonds is 8. The van der Waals surface area contributed by atoms with Crippen molar-refractivity contribution in [2.45, 2.75) is 32.1 Å². The molecule has 1 amide bonds. The zero-order valence-corrected chi connectivity index (χ0v) is 12.8. The number of primary amides is 1. The molecule has 0 spiro atoms. The molecular formula is C15H19N5O3. The van der Waals surface area contributed by atoms with Crippen LogP contribution in [0.2, 0.25) is 0 Å². The first kappa shape index (κ1) is 16.6. The van der Waals surface area contributed by atoms with Crippen molar-refractivity contribution in [2.75, 3.05) is 0 Å². The van der Waals surface area contributed by atoms with E-state index in [0.29, 0.717) is 36.2 Å². The van der Waals surface area contributed by atoms with Gasteiger partial charge in [-0.25, -0.2) is 0 Å². The van der Waals surface area contributed by atoms with Crippen LogP contribution in [0.5, 0.6) is 0 Å². The highest BCUT2D eigenvalue weighted by Crippen LogP contribution is 2.30. The maximum atomic E-state index is 11.7. The number of benzene rings is 1. The zero-order valence-electron chi connectivity index (χ0n) is 12.8. The monoisotopic (exact) mass is 317 g/mol. The molecule has 2 aromatic rings. The van der Waals surface area contributed by atoms with E-state index in [1.54, 1.807) is 24.3 Å². The Balaban J connectivity index is 2.39. The largest absolute Gasteiger partial charge is 0.481 e. The second kappa shape index (κ2) is 7.48. The van der Waals surface area contributed by atoms with Gasteiger partial charge in [0.2, 0.25) is 5.91 Å². The Labute approximate surface area is 133 Å².